The second-order valence-corrected chi connectivity index (χ2v) is 8.58. The molecule has 1 saturated carbocycles. The van der Waals surface area contributed by atoms with Crippen molar-refractivity contribution in [3.05, 3.63) is 52.2 Å². The van der Waals surface area contributed by atoms with Gasteiger partial charge in [-0.2, -0.15) is 10.1 Å². The lowest BCUT2D eigenvalue weighted by atomic mass is 9.95. The highest BCUT2D eigenvalue weighted by Crippen LogP contribution is 2.54. The van der Waals surface area contributed by atoms with Gasteiger partial charge in [0.25, 0.3) is 12.3 Å². The van der Waals surface area contributed by atoms with Crippen LogP contribution in [0, 0.1) is 5.82 Å². The lowest BCUT2D eigenvalue weighted by Gasteiger charge is -2.27. The van der Waals surface area contributed by atoms with Crippen molar-refractivity contribution in [1.82, 2.24) is 30.1 Å². The van der Waals surface area contributed by atoms with Crippen molar-refractivity contribution in [2.75, 3.05) is 26.2 Å². The Balaban J connectivity index is 1.42. The fourth-order valence-corrected chi connectivity index (χ4v) is 4.40. The molecular weight excluding hydrogens is 461 g/mol. The summed E-state index contributed by atoms with van der Waals surface area (Å²) in [7, 11) is 0. The van der Waals surface area contributed by atoms with E-state index in [-0.39, 0.29) is 29.9 Å². The Morgan fingerprint density at radius 2 is 2.00 bits per heavy atom. The topological polar surface area (TPSA) is 89.1 Å². The summed E-state index contributed by atoms with van der Waals surface area (Å²) in [6, 6.07) is 5.22. The minimum absolute atomic E-state index is 0.0401. The van der Waals surface area contributed by atoms with Crippen molar-refractivity contribution in [2.45, 2.75) is 31.2 Å². The van der Waals surface area contributed by atoms with E-state index < -0.39 is 23.4 Å². The Bertz CT molecular complexity index is 1190. The molecule has 1 saturated heterocycles. The van der Waals surface area contributed by atoms with Crippen LogP contribution in [-0.4, -0.2) is 56.9 Å². The van der Waals surface area contributed by atoms with Crippen molar-refractivity contribution < 1.29 is 22.5 Å². The molecule has 1 aromatic carbocycles. The van der Waals surface area contributed by atoms with Crippen LogP contribution in [0.5, 0.6) is 0 Å². The van der Waals surface area contributed by atoms with Gasteiger partial charge in [-0.3, -0.25) is 9.48 Å². The molecule has 174 valence electrons. The molecule has 3 aromatic rings. The van der Waals surface area contributed by atoms with Gasteiger partial charge in [-0.25, -0.2) is 13.2 Å². The highest BCUT2D eigenvalue weighted by molar-refractivity contribution is 6.31. The predicted octanol–water partition coefficient (Wildman–Crippen LogP) is 3.17. The monoisotopic (exact) mass is 480 g/mol. The summed E-state index contributed by atoms with van der Waals surface area (Å²) in [5.41, 5.74) is -0.509. The average molecular weight is 481 g/mol. The van der Waals surface area contributed by atoms with E-state index in [1.165, 1.54) is 18.2 Å². The number of amides is 1. The number of piperazine rings is 1. The van der Waals surface area contributed by atoms with Crippen LogP contribution < -0.4 is 5.32 Å². The minimum Gasteiger partial charge on any atom is -0.339 e. The molecule has 2 aliphatic rings. The maximum atomic E-state index is 13.8. The Morgan fingerprint density at radius 1 is 1.24 bits per heavy atom. The van der Waals surface area contributed by atoms with E-state index in [9.17, 15) is 18.0 Å². The third kappa shape index (κ3) is 4.10. The van der Waals surface area contributed by atoms with Gasteiger partial charge in [0.1, 0.15) is 18.1 Å². The smallest absolute Gasteiger partial charge is 0.280 e. The zero-order chi connectivity index (χ0) is 23.2. The third-order valence-electron chi connectivity index (χ3n) is 6.06. The first-order chi connectivity index (χ1) is 15.9. The molecule has 0 spiro atoms. The van der Waals surface area contributed by atoms with E-state index in [0.717, 1.165) is 10.7 Å². The van der Waals surface area contributed by atoms with Gasteiger partial charge in [-0.1, -0.05) is 16.8 Å². The first-order valence-electron chi connectivity index (χ1n) is 10.5. The summed E-state index contributed by atoms with van der Waals surface area (Å²) in [5.74, 6) is -0.495. The van der Waals surface area contributed by atoms with Crippen molar-refractivity contribution in [3.63, 3.8) is 0 Å². The van der Waals surface area contributed by atoms with Gasteiger partial charge in [-0.05, 0) is 42.7 Å². The molecule has 5 rings (SSSR count). The lowest BCUT2D eigenvalue weighted by molar-refractivity contribution is -0.132. The van der Waals surface area contributed by atoms with Crippen LogP contribution in [0.15, 0.2) is 28.8 Å². The first kappa shape index (κ1) is 21.9. The van der Waals surface area contributed by atoms with Crippen LogP contribution in [-0.2, 0) is 16.8 Å². The summed E-state index contributed by atoms with van der Waals surface area (Å²) in [6.45, 7) is 2.01. The predicted molar refractivity (Wildman–Crippen MR) is 111 cm³/mol. The number of benzene rings is 1. The van der Waals surface area contributed by atoms with Gasteiger partial charge >= 0.3 is 0 Å². The van der Waals surface area contributed by atoms with Crippen LogP contribution in [0.3, 0.4) is 0 Å². The summed E-state index contributed by atoms with van der Waals surface area (Å²) in [6.07, 6.45) is -1.55. The molecule has 8 nitrogen and oxygen atoms in total. The van der Waals surface area contributed by atoms with Crippen molar-refractivity contribution >= 4 is 17.5 Å². The molecule has 12 heteroatoms. The van der Waals surface area contributed by atoms with Crippen LogP contribution in [0.25, 0.3) is 11.6 Å². The van der Waals surface area contributed by atoms with Crippen LogP contribution >= 0.6 is 11.6 Å². The van der Waals surface area contributed by atoms with Gasteiger partial charge in [0.05, 0.1) is 5.41 Å². The second kappa shape index (κ2) is 8.45. The largest absolute Gasteiger partial charge is 0.339 e. The van der Waals surface area contributed by atoms with E-state index in [1.54, 1.807) is 4.90 Å². The molecule has 1 aliphatic carbocycles. The van der Waals surface area contributed by atoms with Crippen molar-refractivity contribution in [1.29, 1.82) is 0 Å². The third-order valence-corrected chi connectivity index (χ3v) is 6.39. The number of hydrogen-bond acceptors (Lipinski definition) is 6. The second-order valence-electron chi connectivity index (χ2n) is 8.17. The van der Waals surface area contributed by atoms with E-state index in [0.29, 0.717) is 49.6 Å². The molecule has 2 fully saturated rings. The van der Waals surface area contributed by atoms with E-state index in [1.807, 2.05) is 0 Å². The molecular formula is C21H20ClF3N6O2. The maximum Gasteiger partial charge on any atom is 0.280 e. The summed E-state index contributed by atoms with van der Waals surface area (Å²) in [5, 5.41) is 11.7. The van der Waals surface area contributed by atoms with E-state index in [4.69, 9.17) is 16.1 Å². The molecule has 0 unspecified atom stereocenters. The summed E-state index contributed by atoms with van der Waals surface area (Å²) >= 11 is 6.27. The van der Waals surface area contributed by atoms with Crippen LogP contribution in [0.2, 0.25) is 5.02 Å². The summed E-state index contributed by atoms with van der Waals surface area (Å²) in [4.78, 5) is 18.5. The number of halogens is 4. The quantitative estimate of drug-likeness (QED) is 0.583. The lowest BCUT2D eigenvalue weighted by Crippen LogP contribution is -2.47. The molecule has 0 bridgehead atoms. The normalized spacial score (nSPS) is 17.5. The number of carbonyl (C=O) groups excluding carboxylic acids is 1. The standard InChI is InChI=1S/C21H20ClF3N6O2/c22-14-2-1-12(23)9-13(14)21(3-4-21)20-27-19(33-29-20)15-10-16(18(24)25)31(28-15)11-17(32)30-7-5-26-6-8-30/h1-2,9-10,18,26H,3-8,11H2. The molecule has 2 aromatic heterocycles. The van der Waals surface area contributed by atoms with E-state index >= 15 is 0 Å². The fraction of sp³-hybridized carbons (Fsp3) is 0.429. The number of rotatable bonds is 6. The molecule has 1 aliphatic heterocycles. The number of hydrogen-bond donors (Lipinski definition) is 1. The number of nitrogens with zero attached hydrogens (tertiary/aromatic N) is 5. The minimum atomic E-state index is -2.84. The molecule has 0 atom stereocenters. The van der Waals surface area contributed by atoms with Gasteiger partial charge in [0, 0.05) is 31.2 Å². The van der Waals surface area contributed by atoms with Gasteiger partial charge in [0.15, 0.2) is 11.5 Å². The van der Waals surface area contributed by atoms with E-state index in [2.05, 4.69) is 20.6 Å². The highest BCUT2D eigenvalue weighted by Gasteiger charge is 2.51. The zero-order valence-electron chi connectivity index (χ0n) is 17.4. The number of alkyl halides is 2. The Kier molecular flexibility index (Phi) is 5.61. The SMILES string of the molecule is O=C(Cn1nc(-c2nc(C3(c4cc(F)ccc4Cl)CC3)no2)cc1C(F)F)N1CCNCC1. The zero-order valence-corrected chi connectivity index (χ0v) is 18.2. The Hall–Kier alpha value is -2.92. The van der Waals surface area contributed by atoms with Crippen LogP contribution in [0.4, 0.5) is 13.2 Å². The fourth-order valence-electron chi connectivity index (χ4n) is 4.10. The van der Waals surface area contributed by atoms with Crippen LogP contribution in [0.1, 0.15) is 36.3 Å². The van der Waals surface area contributed by atoms with Gasteiger partial charge < -0.3 is 14.7 Å². The molecule has 1 amide bonds. The van der Waals surface area contributed by atoms with Gasteiger partial charge in [0.2, 0.25) is 5.91 Å². The maximum absolute atomic E-state index is 13.8. The first-order valence-corrected chi connectivity index (χ1v) is 10.9. The Morgan fingerprint density at radius 3 is 2.70 bits per heavy atom. The molecule has 0 radical (unpaired) electrons. The number of nitrogens with one attached hydrogen (secondary N) is 1. The number of carbonyl (C=O) groups is 1. The molecule has 33 heavy (non-hydrogen) atoms. The van der Waals surface area contributed by atoms with Gasteiger partial charge in [-0.15, -0.1) is 0 Å². The average Bonchev–Trinajstić information content (AvgIpc) is 3.25. The Labute approximate surface area is 191 Å². The van der Waals surface area contributed by atoms with Crippen molar-refractivity contribution in [3.8, 4) is 11.6 Å². The summed E-state index contributed by atoms with van der Waals surface area (Å²) < 4.78 is 47.4. The molecule has 1 N–H and O–H groups in total. The van der Waals surface area contributed by atoms with Crippen molar-refractivity contribution in [2.24, 2.45) is 0 Å². The number of aromatic nitrogens is 4. The highest BCUT2D eigenvalue weighted by atomic mass is 35.5. The molecule has 3 heterocycles.